The molecule has 0 aromatic carbocycles. The van der Waals surface area contributed by atoms with Crippen LogP contribution in [0.5, 0.6) is 0 Å². The van der Waals surface area contributed by atoms with E-state index in [9.17, 15) is 0 Å². The number of aromatic amines is 1. The topological polar surface area (TPSA) is 40.7 Å². The first-order valence-corrected chi connectivity index (χ1v) is 8.24. The molecule has 2 rings (SSSR count). The van der Waals surface area contributed by atoms with Crippen LogP contribution in [0.25, 0.3) is 0 Å². The van der Waals surface area contributed by atoms with Gasteiger partial charge in [-0.05, 0) is 31.7 Å². The van der Waals surface area contributed by atoms with Gasteiger partial charge in [0.25, 0.3) is 0 Å². The number of rotatable bonds is 7. The first-order chi connectivity index (χ1) is 8.90. The zero-order valence-corrected chi connectivity index (χ0v) is 12.1. The smallest absolute Gasteiger partial charge is 0.165 e. The fourth-order valence-electron chi connectivity index (χ4n) is 2.73. The monoisotopic (exact) mass is 267 g/mol. The Kier molecular flexibility index (Phi) is 6.08. The van der Waals surface area contributed by atoms with Crippen molar-refractivity contribution in [2.75, 3.05) is 12.3 Å². The van der Waals surface area contributed by atoms with Crippen molar-refractivity contribution in [1.82, 2.24) is 15.3 Å². The third-order valence-corrected chi connectivity index (χ3v) is 4.77. The van der Waals surface area contributed by atoms with Crippen LogP contribution in [-0.2, 0) is 0 Å². The highest BCUT2D eigenvalue weighted by Gasteiger charge is 2.23. The van der Waals surface area contributed by atoms with Crippen molar-refractivity contribution in [2.24, 2.45) is 5.92 Å². The summed E-state index contributed by atoms with van der Waals surface area (Å²) >= 11 is 1.85. The summed E-state index contributed by atoms with van der Waals surface area (Å²) in [7, 11) is 0. The Hall–Kier alpha value is -0.480. The van der Waals surface area contributed by atoms with Gasteiger partial charge < -0.3 is 10.3 Å². The summed E-state index contributed by atoms with van der Waals surface area (Å²) in [6.45, 7) is 3.38. The molecule has 2 N–H and O–H groups in total. The molecule has 18 heavy (non-hydrogen) atoms. The third-order valence-electron chi connectivity index (χ3n) is 3.75. The van der Waals surface area contributed by atoms with E-state index in [0.29, 0.717) is 6.04 Å². The minimum atomic E-state index is 0.653. The number of nitrogens with one attached hydrogen (secondary N) is 2. The van der Waals surface area contributed by atoms with E-state index in [0.717, 1.165) is 23.4 Å². The van der Waals surface area contributed by atoms with Gasteiger partial charge in [0.15, 0.2) is 5.16 Å². The summed E-state index contributed by atoms with van der Waals surface area (Å²) in [6, 6.07) is 0.653. The molecule has 0 saturated heterocycles. The zero-order chi connectivity index (χ0) is 12.6. The second-order valence-electron chi connectivity index (χ2n) is 5.16. The van der Waals surface area contributed by atoms with Gasteiger partial charge in [0, 0.05) is 24.2 Å². The van der Waals surface area contributed by atoms with E-state index in [2.05, 4.69) is 22.2 Å². The fraction of sp³-hybridized carbons (Fsp3) is 0.786. The lowest BCUT2D eigenvalue weighted by Crippen LogP contribution is -2.39. The number of imidazole rings is 1. The van der Waals surface area contributed by atoms with Gasteiger partial charge in [-0.15, -0.1) is 0 Å². The van der Waals surface area contributed by atoms with Gasteiger partial charge in [-0.25, -0.2) is 4.98 Å². The molecule has 1 aromatic rings. The minimum Gasteiger partial charge on any atom is -0.340 e. The maximum Gasteiger partial charge on any atom is 0.165 e. The number of hydrogen-bond acceptors (Lipinski definition) is 3. The van der Waals surface area contributed by atoms with Crippen LogP contribution < -0.4 is 5.32 Å². The van der Waals surface area contributed by atoms with Crippen LogP contribution in [0.15, 0.2) is 17.6 Å². The molecule has 1 heterocycles. The average molecular weight is 267 g/mol. The number of aromatic nitrogens is 2. The second kappa shape index (κ2) is 7.85. The first kappa shape index (κ1) is 13.9. The standard InChI is InChI=1S/C14H25N3S/c1-2-8-15-13(12-6-4-3-5-7-12)11-18-14-16-9-10-17-14/h9-10,12-13,15H,2-8,11H2,1H3,(H,16,17). The third kappa shape index (κ3) is 4.32. The van der Waals surface area contributed by atoms with Crippen LogP contribution in [-0.4, -0.2) is 28.3 Å². The van der Waals surface area contributed by atoms with Gasteiger partial charge in [0.2, 0.25) is 0 Å². The summed E-state index contributed by atoms with van der Waals surface area (Å²) in [5.41, 5.74) is 0. The van der Waals surface area contributed by atoms with Crippen molar-refractivity contribution >= 4 is 11.8 Å². The average Bonchev–Trinajstić information content (AvgIpc) is 2.93. The second-order valence-corrected chi connectivity index (χ2v) is 6.17. The highest BCUT2D eigenvalue weighted by atomic mass is 32.2. The highest BCUT2D eigenvalue weighted by molar-refractivity contribution is 7.99. The van der Waals surface area contributed by atoms with Gasteiger partial charge in [-0.3, -0.25) is 0 Å². The van der Waals surface area contributed by atoms with Gasteiger partial charge in [0.1, 0.15) is 0 Å². The number of hydrogen-bond donors (Lipinski definition) is 2. The lowest BCUT2D eigenvalue weighted by molar-refractivity contribution is 0.285. The van der Waals surface area contributed by atoms with Gasteiger partial charge >= 0.3 is 0 Å². The Morgan fingerprint density at radius 2 is 2.28 bits per heavy atom. The Morgan fingerprint density at radius 1 is 1.44 bits per heavy atom. The molecule has 1 fully saturated rings. The molecule has 1 atom stereocenters. The van der Waals surface area contributed by atoms with Gasteiger partial charge in [-0.2, -0.15) is 0 Å². The van der Waals surface area contributed by atoms with Crippen molar-refractivity contribution in [3.8, 4) is 0 Å². The molecule has 102 valence electrons. The molecule has 0 radical (unpaired) electrons. The molecule has 1 saturated carbocycles. The predicted molar refractivity (Wildman–Crippen MR) is 78.0 cm³/mol. The largest absolute Gasteiger partial charge is 0.340 e. The molecular formula is C14H25N3S. The van der Waals surface area contributed by atoms with Crippen LogP contribution in [0.1, 0.15) is 45.4 Å². The van der Waals surface area contributed by atoms with E-state index in [-0.39, 0.29) is 0 Å². The van der Waals surface area contributed by atoms with Crippen LogP contribution in [0.3, 0.4) is 0 Å². The molecule has 0 amide bonds. The van der Waals surface area contributed by atoms with E-state index in [1.807, 2.05) is 24.2 Å². The molecule has 1 aliphatic rings. The molecule has 1 unspecified atom stereocenters. The first-order valence-electron chi connectivity index (χ1n) is 7.25. The molecule has 3 nitrogen and oxygen atoms in total. The SMILES string of the molecule is CCCNC(CSc1ncc[nH]1)C1CCCCC1. The van der Waals surface area contributed by atoms with Crippen LogP contribution in [0.4, 0.5) is 0 Å². The fourth-order valence-corrected chi connectivity index (χ4v) is 3.74. The Morgan fingerprint density at radius 3 is 2.94 bits per heavy atom. The van der Waals surface area contributed by atoms with E-state index in [4.69, 9.17) is 0 Å². The van der Waals surface area contributed by atoms with Crippen molar-refractivity contribution in [3.05, 3.63) is 12.4 Å². The summed E-state index contributed by atoms with van der Waals surface area (Å²) in [5.74, 6) is 2.01. The maximum absolute atomic E-state index is 4.29. The zero-order valence-electron chi connectivity index (χ0n) is 11.3. The molecule has 0 bridgehead atoms. The lowest BCUT2D eigenvalue weighted by Gasteiger charge is -2.30. The predicted octanol–water partition coefficient (Wildman–Crippen LogP) is 3.45. The Bertz CT molecular complexity index is 307. The normalized spacial score (nSPS) is 18.9. The Labute approximate surface area is 115 Å². The molecule has 0 aliphatic heterocycles. The summed E-state index contributed by atoms with van der Waals surface area (Å²) < 4.78 is 0. The van der Waals surface area contributed by atoms with Gasteiger partial charge in [0.05, 0.1) is 0 Å². The van der Waals surface area contributed by atoms with Crippen LogP contribution in [0, 0.1) is 5.92 Å². The molecule has 4 heteroatoms. The lowest BCUT2D eigenvalue weighted by atomic mass is 9.84. The van der Waals surface area contributed by atoms with Crippen LogP contribution in [0.2, 0.25) is 0 Å². The van der Waals surface area contributed by atoms with Crippen molar-refractivity contribution in [2.45, 2.75) is 56.6 Å². The highest BCUT2D eigenvalue weighted by Crippen LogP contribution is 2.29. The summed E-state index contributed by atoms with van der Waals surface area (Å²) in [6.07, 6.45) is 12.0. The van der Waals surface area contributed by atoms with E-state index < -0.39 is 0 Å². The molecule has 0 spiro atoms. The van der Waals surface area contributed by atoms with Crippen molar-refractivity contribution < 1.29 is 0 Å². The number of thioether (sulfide) groups is 1. The van der Waals surface area contributed by atoms with E-state index in [1.165, 1.54) is 38.5 Å². The van der Waals surface area contributed by atoms with Crippen molar-refractivity contribution in [1.29, 1.82) is 0 Å². The van der Waals surface area contributed by atoms with E-state index in [1.54, 1.807) is 0 Å². The quantitative estimate of drug-likeness (QED) is 0.743. The van der Waals surface area contributed by atoms with E-state index >= 15 is 0 Å². The molecular weight excluding hydrogens is 242 g/mol. The molecule has 1 aliphatic carbocycles. The summed E-state index contributed by atoms with van der Waals surface area (Å²) in [5, 5.41) is 4.79. The van der Waals surface area contributed by atoms with Gasteiger partial charge in [-0.1, -0.05) is 37.9 Å². The van der Waals surface area contributed by atoms with Crippen molar-refractivity contribution in [3.63, 3.8) is 0 Å². The Balaban J connectivity index is 1.83. The molecule has 1 aromatic heterocycles. The maximum atomic E-state index is 4.29. The summed E-state index contributed by atoms with van der Waals surface area (Å²) in [4.78, 5) is 7.47. The number of nitrogens with zero attached hydrogens (tertiary/aromatic N) is 1. The number of H-pyrrole nitrogens is 1. The minimum absolute atomic E-state index is 0.653. The van der Waals surface area contributed by atoms with Crippen LogP contribution >= 0.6 is 11.8 Å².